The molecule has 0 radical (unpaired) electrons. The molecule has 1 aliphatic heterocycles. The topological polar surface area (TPSA) is 54.6 Å². The predicted octanol–water partition coefficient (Wildman–Crippen LogP) is 3.07. The molecule has 0 saturated carbocycles. The minimum absolute atomic E-state index is 0.631. The Hall–Kier alpha value is -2.86. The van der Waals surface area contributed by atoms with Gasteiger partial charge in [-0.1, -0.05) is 12.1 Å². The quantitative estimate of drug-likeness (QED) is 0.705. The number of rotatable bonds is 5. The molecule has 0 amide bonds. The summed E-state index contributed by atoms with van der Waals surface area (Å²) in [6, 6.07) is 13.8. The number of methoxy groups -OCH3 is 1. The number of nitrogens with zero attached hydrogens (tertiary/aromatic N) is 4. The number of hydrogen-bond donors (Lipinski definition) is 0. The second kappa shape index (κ2) is 7.58. The van der Waals surface area contributed by atoms with Crippen LogP contribution in [0.5, 0.6) is 5.75 Å². The number of pyridine rings is 1. The highest BCUT2D eigenvalue weighted by Crippen LogP contribution is 2.23. The second-order valence-corrected chi connectivity index (χ2v) is 6.33. The molecule has 0 bridgehead atoms. The van der Waals surface area contributed by atoms with E-state index in [-0.39, 0.29) is 0 Å². The first-order valence-corrected chi connectivity index (χ1v) is 8.79. The summed E-state index contributed by atoms with van der Waals surface area (Å²) in [5.41, 5.74) is 1.88. The average Bonchev–Trinajstić information content (AvgIpc) is 3.18. The maximum Gasteiger partial charge on any atom is 0.226 e. The van der Waals surface area contributed by atoms with Crippen LogP contribution < -0.4 is 9.64 Å². The summed E-state index contributed by atoms with van der Waals surface area (Å²) < 4.78 is 10.9. The van der Waals surface area contributed by atoms with E-state index in [9.17, 15) is 0 Å². The Bertz CT molecular complexity index is 842. The van der Waals surface area contributed by atoms with E-state index in [4.69, 9.17) is 9.15 Å². The van der Waals surface area contributed by atoms with E-state index in [1.807, 2.05) is 42.6 Å². The maximum absolute atomic E-state index is 5.67. The SMILES string of the molecule is COc1cccc(-c2nc(CN3CCN(c4ccccn4)CC3)co2)c1. The highest BCUT2D eigenvalue weighted by molar-refractivity contribution is 5.56. The van der Waals surface area contributed by atoms with E-state index in [0.717, 1.165) is 55.5 Å². The molecule has 1 aromatic carbocycles. The van der Waals surface area contributed by atoms with Crippen molar-refractivity contribution in [3.8, 4) is 17.2 Å². The Morgan fingerprint density at radius 3 is 2.73 bits per heavy atom. The lowest BCUT2D eigenvalue weighted by Crippen LogP contribution is -2.46. The summed E-state index contributed by atoms with van der Waals surface area (Å²) in [4.78, 5) is 13.8. The summed E-state index contributed by atoms with van der Waals surface area (Å²) in [6.45, 7) is 4.70. The van der Waals surface area contributed by atoms with Gasteiger partial charge in [0, 0.05) is 44.5 Å². The summed E-state index contributed by atoms with van der Waals surface area (Å²) >= 11 is 0. The minimum atomic E-state index is 0.631. The van der Waals surface area contributed by atoms with Crippen LogP contribution in [0, 0.1) is 0 Å². The Morgan fingerprint density at radius 1 is 1.08 bits per heavy atom. The van der Waals surface area contributed by atoms with Gasteiger partial charge in [0.25, 0.3) is 0 Å². The average molecular weight is 350 g/mol. The monoisotopic (exact) mass is 350 g/mol. The standard InChI is InChI=1S/C20H22N4O2/c1-25-18-6-4-5-16(13-18)20-22-17(15-26-20)14-23-9-11-24(12-10-23)19-7-2-3-8-21-19/h2-8,13,15H,9-12,14H2,1H3. The summed E-state index contributed by atoms with van der Waals surface area (Å²) in [7, 11) is 1.66. The van der Waals surface area contributed by atoms with Gasteiger partial charge in [-0.05, 0) is 30.3 Å². The molecule has 2 aromatic heterocycles. The molecule has 3 heterocycles. The van der Waals surface area contributed by atoms with Crippen molar-refractivity contribution >= 4 is 5.82 Å². The van der Waals surface area contributed by atoms with Gasteiger partial charge < -0.3 is 14.1 Å². The van der Waals surface area contributed by atoms with E-state index in [1.54, 1.807) is 13.4 Å². The first-order chi connectivity index (χ1) is 12.8. The van der Waals surface area contributed by atoms with E-state index in [1.165, 1.54) is 0 Å². The molecule has 26 heavy (non-hydrogen) atoms. The summed E-state index contributed by atoms with van der Waals surface area (Å²) in [6.07, 6.45) is 3.59. The molecule has 0 unspecified atom stereocenters. The molecule has 0 N–H and O–H groups in total. The summed E-state index contributed by atoms with van der Waals surface area (Å²) in [5.74, 6) is 2.48. The third kappa shape index (κ3) is 3.70. The van der Waals surface area contributed by atoms with Crippen molar-refractivity contribution < 1.29 is 9.15 Å². The first-order valence-electron chi connectivity index (χ1n) is 8.79. The molecule has 0 spiro atoms. The summed E-state index contributed by atoms with van der Waals surface area (Å²) in [5, 5.41) is 0. The van der Waals surface area contributed by atoms with E-state index >= 15 is 0 Å². The van der Waals surface area contributed by atoms with Crippen LogP contribution in [0.25, 0.3) is 11.5 Å². The second-order valence-electron chi connectivity index (χ2n) is 6.33. The number of oxazole rings is 1. The van der Waals surface area contributed by atoms with Gasteiger partial charge in [-0.3, -0.25) is 4.90 Å². The molecular weight excluding hydrogens is 328 g/mol. The lowest BCUT2D eigenvalue weighted by Gasteiger charge is -2.34. The van der Waals surface area contributed by atoms with Crippen molar-refractivity contribution in [2.24, 2.45) is 0 Å². The number of ether oxygens (including phenoxy) is 1. The van der Waals surface area contributed by atoms with Crippen molar-refractivity contribution in [1.82, 2.24) is 14.9 Å². The van der Waals surface area contributed by atoms with Gasteiger partial charge in [0.1, 0.15) is 17.8 Å². The largest absolute Gasteiger partial charge is 0.497 e. The van der Waals surface area contributed by atoms with Crippen molar-refractivity contribution in [3.63, 3.8) is 0 Å². The highest BCUT2D eigenvalue weighted by Gasteiger charge is 2.19. The Balaban J connectivity index is 1.36. The molecule has 1 fully saturated rings. The van der Waals surface area contributed by atoms with Crippen molar-refractivity contribution in [1.29, 1.82) is 0 Å². The van der Waals surface area contributed by atoms with Crippen LogP contribution in [0.4, 0.5) is 5.82 Å². The van der Waals surface area contributed by atoms with Crippen molar-refractivity contribution in [3.05, 3.63) is 60.6 Å². The van der Waals surface area contributed by atoms with Crippen LogP contribution in [-0.4, -0.2) is 48.2 Å². The van der Waals surface area contributed by atoms with Gasteiger partial charge in [0.05, 0.1) is 12.8 Å². The molecule has 3 aromatic rings. The van der Waals surface area contributed by atoms with Crippen LogP contribution in [0.15, 0.2) is 59.3 Å². The fourth-order valence-electron chi connectivity index (χ4n) is 3.17. The fraction of sp³-hybridized carbons (Fsp3) is 0.300. The van der Waals surface area contributed by atoms with Crippen LogP contribution in [0.1, 0.15) is 5.69 Å². The van der Waals surface area contributed by atoms with Crippen molar-refractivity contribution in [2.45, 2.75) is 6.54 Å². The Labute approximate surface area is 153 Å². The van der Waals surface area contributed by atoms with E-state index < -0.39 is 0 Å². The number of anilines is 1. The molecule has 134 valence electrons. The van der Waals surface area contributed by atoms with E-state index in [2.05, 4.69) is 25.8 Å². The number of benzene rings is 1. The molecule has 0 atom stereocenters. The fourth-order valence-corrected chi connectivity index (χ4v) is 3.17. The van der Waals surface area contributed by atoms with E-state index in [0.29, 0.717) is 5.89 Å². The molecule has 4 rings (SSSR count). The minimum Gasteiger partial charge on any atom is -0.497 e. The number of aromatic nitrogens is 2. The van der Waals surface area contributed by atoms with Crippen LogP contribution in [-0.2, 0) is 6.54 Å². The predicted molar refractivity (Wildman–Crippen MR) is 100 cm³/mol. The van der Waals surface area contributed by atoms with Gasteiger partial charge in [0.2, 0.25) is 5.89 Å². The van der Waals surface area contributed by atoms with Gasteiger partial charge in [0.15, 0.2) is 0 Å². The smallest absolute Gasteiger partial charge is 0.226 e. The zero-order chi connectivity index (χ0) is 17.8. The Morgan fingerprint density at radius 2 is 1.96 bits per heavy atom. The van der Waals surface area contributed by atoms with Crippen molar-refractivity contribution in [2.75, 3.05) is 38.2 Å². The molecular formula is C20H22N4O2. The lowest BCUT2D eigenvalue weighted by molar-refractivity contribution is 0.246. The zero-order valence-electron chi connectivity index (χ0n) is 14.8. The number of hydrogen-bond acceptors (Lipinski definition) is 6. The van der Waals surface area contributed by atoms with Gasteiger partial charge in [-0.25, -0.2) is 9.97 Å². The van der Waals surface area contributed by atoms with Crippen LogP contribution >= 0.6 is 0 Å². The molecule has 6 heteroatoms. The molecule has 1 aliphatic rings. The third-order valence-corrected chi connectivity index (χ3v) is 4.60. The zero-order valence-corrected chi connectivity index (χ0v) is 14.8. The highest BCUT2D eigenvalue weighted by atomic mass is 16.5. The molecule has 6 nitrogen and oxygen atoms in total. The van der Waals surface area contributed by atoms with Crippen LogP contribution in [0.3, 0.4) is 0 Å². The van der Waals surface area contributed by atoms with Gasteiger partial charge in [-0.2, -0.15) is 0 Å². The number of piperazine rings is 1. The first kappa shape index (κ1) is 16.6. The lowest BCUT2D eigenvalue weighted by atomic mass is 10.2. The molecule has 0 aliphatic carbocycles. The normalized spacial score (nSPS) is 15.2. The third-order valence-electron chi connectivity index (χ3n) is 4.60. The molecule has 1 saturated heterocycles. The maximum atomic E-state index is 5.67. The van der Waals surface area contributed by atoms with Crippen LogP contribution in [0.2, 0.25) is 0 Å². The Kier molecular flexibility index (Phi) is 4.84. The van der Waals surface area contributed by atoms with Gasteiger partial charge >= 0.3 is 0 Å². The van der Waals surface area contributed by atoms with Gasteiger partial charge in [-0.15, -0.1) is 0 Å².